The summed E-state index contributed by atoms with van der Waals surface area (Å²) >= 11 is 1.36. The molecule has 1 unspecified atom stereocenters. The van der Waals surface area contributed by atoms with Gasteiger partial charge >= 0.3 is 0 Å². The van der Waals surface area contributed by atoms with Crippen LogP contribution in [0, 0.1) is 0 Å². The van der Waals surface area contributed by atoms with Crippen LogP contribution in [0.4, 0.5) is 0 Å². The van der Waals surface area contributed by atoms with Crippen molar-refractivity contribution in [2.75, 3.05) is 19.1 Å². The first kappa shape index (κ1) is 12.5. The largest absolute Gasteiger partial charge is 0.495 e. The molecule has 0 spiro atoms. The quantitative estimate of drug-likeness (QED) is 0.853. The van der Waals surface area contributed by atoms with E-state index in [0.29, 0.717) is 10.6 Å². The summed E-state index contributed by atoms with van der Waals surface area (Å²) in [6, 6.07) is 1.75. The van der Waals surface area contributed by atoms with Gasteiger partial charge in [0, 0.05) is 6.26 Å². The number of aliphatic hydroxyl groups excluding tert-OH is 1. The second kappa shape index (κ2) is 4.96. The van der Waals surface area contributed by atoms with Crippen LogP contribution in [-0.4, -0.2) is 32.6 Å². The van der Waals surface area contributed by atoms with Crippen molar-refractivity contribution in [3.63, 3.8) is 0 Å². The van der Waals surface area contributed by atoms with Crippen molar-refractivity contribution in [3.8, 4) is 5.75 Å². The highest BCUT2D eigenvalue weighted by atomic mass is 32.2. The van der Waals surface area contributed by atoms with Crippen molar-refractivity contribution in [1.82, 2.24) is 0 Å². The SMILES string of the molecule is COc1ccsc1C(O)CCS(C)(=O)=O. The molecule has 4 nitrogen and oxygen atoms in total. The lowest BCUT2D eigenvalue weighted by Gasteiger charge is -2.09. The van der Waals surface area contributed by atoms with Gasteiger partial charge in [0.05, 0.1) is 23.8 Å². The number of aliphatic hydroxyl groups is 1. The maximum Gasteiger partial charge on any atom is 0.147 e. The lowest BCUT2D eigenvalue weighted by Crippen LogP contribution is -2.08. The van der Waals surface area contributed by atoms with Gasteiger partial charge < -0.3 is 9.84 Å². The Morgan fingerprint density at radius 3 is 2.80 bits per heavy atom. The van der Waals surface area contributed by atoms with Gasteiger partial charge in [0.15, 0.2) is 0 Å². The highest BCUT2D eigenvalue weighted by Gasteiger charge is 2.16. The zero-order valence-electron chi connectivity index (χ0n) is 8.63. The van der Waals surface area contributed by atoms with E-state index < -0.39 is 15.9 Å². The van der Waals surface area contributed by atoms with E-state index >= 15 is 0 Å². The molecule has 0 aromatic carbocycles. The number of hydrogen-bond acceptors (Lipinski definition) is 5. The predicted octanol–water partition coefficient (Wildman–Crippen LogP) is 1.22. The fourth-order valence-electron chi connectivity index (χ4n) is 1.18. The molecular weight excluding hydrogens is 236 g/mol. The first-order valence-corrected chi connectivity index (χ1v) is 7.35. The molecule has 0 amide bonds. The lowest BCUT2D eigenvalue weighted by molar-refractivity contribution is 0.174. The molecule has 1 rings (SSSR count). The Morgan fingerprint density at radius 2 is 2.27 bits per heavy atom. The summed E-state index contributed by atoms with van der Waals surface area (Å²) in [4.78, 5) is 0.682. The Labute approximate surface area is 93.4 Å². The van der Waals surface area contributed by atoms with Gasteiger partial charge in [-0.3, -0.25) is 0 Å². The van der Waals surface area contributed by atoms with Gasteiger partial charge in [-0.2, -0.15) is 0 Å². The molecule has 1 heterocycles. The van der Waals surface area contributed by atoms with Crippen LogP contribution in [0.25, 0.3) is 0 Å². The third kappa shape index (κ3) is 3.81. The van der Waals surface area contributed by atoms with Gasteiger partial charge in [0.1, 0.15) is 15.6 Å². The van der Waals surface area contributed by atoms with E-state index in [2.05, 4.69) is 0 Å². The molecule has 6 heteroatoms. The molecule has 0 saturated heterocycles. The fourth-order valence-corrected chi connectivity index (χ4v) is 2.71. The molecule has 1 atom stereocenters. The zero-order valence-corrected chi connectivity index (χ0v) is 10.3. The maximum absolute atomic E-state index is 10.9. The van der Waals surface area contributed by atoms with E-state index in [1.807, 2.05) is 0 Å². The average molecular weight is 250 g/mol. The highest BCUT2D eigenvalue weighted by Crippen LogP contribution is 2.32. The van der Waals surface area contributed by atoms with Crippen LogP contribution in [0.15, 0.2) is 11.4 Å². The molecule has 1 aromatic heterocycles. The summed E-state index contributed by atoms with van der Waals surface area (Å²) in [5.74, 6) is 0.593. The van der Waals surface area contributed by atoms with Gasteiger partial charge in [-0.1, -0.05) is 0 Å². The number of thiophene rings is 1. The van der Waals surface area contributed by atoms with Crippen LogP contribution in [-0.2, 0) is 9.84 Å². The van der Waals surface area contributed by atoms with Gasteiger partial charge in [-0.05, 0) is 17.9 Å². The van der Waals surface area contributed by atoms with E-state index in [-0.39, 0.29) is 12.2 Å². The van der Waals surface area contributed by atoms with Crippen LogP contribution >= 0.6 is 11.3 Å². The van der Waals surface area contributed by atoms with E-state index in [1.54, 1.807) is 11.4 Å². The van der Waals surface area contributed by atoms with Gasteiger partial charge in [-0.25, -0.2) is 8.42 Å². The Balaban J connectivity index is 2.65. The number of sulfone groups is 1. The van der Waals surface area contributed by atoms with Crippen LogP contribution in [0.2, 0.25) is 0 Å². The van der Waals surface area contributed by atoms with Crippen LogP contribution < -0.4 is 4.74 Å². The van der Waals surface area contributed by atoms with E-state index in [9.17, 15) is 13.5 Å². The standard InChI is InChI=1S/C9H14O4S2/c1-13-8-3-5-14-9(8)7(10)4-6-15(2,11)12/h3,5,7,10H,4,6H2,1-2H3. The van der Waals surface area contributed by atoms with E-state index in [4.69, 9.17) is 4.74 Å². The first-order chi connectivity index (χ1) is 6.94. The van der Waals surface area contributed by atoms with Gasteiger partial charge in [-0.15, -0.1) is 11.3 Å². The predicted molar refractivity (Wildman–Crippen MR) is 60.2 cm³/mol. The van der Waals surface area contributed by atoms with Gasteiger partial charge in [0.2, 0.25) is 0 Å². The molecule has 1 aromatic rings. The molecule has 15 heavy (non-hydrogen) atoms. The van der Waals surface area contributed by atoms with Crippen LogP contribution in [0.1, 0.15) is 17.4 Å². The number of hydrogen-bond donors (Lipinski definition) is 1. The smallest absolute Gasteiger partial charge is 0.147 e. The molecule has 86 valence electrons. The fraction of sp³-hybridized carbons (Fsp3) is 0.556. The summed E-state index contributed by atoms with van der Waals surface area (Å²) in [5, 5.41) is 11.6. The summed E-state index contributed by atoms with van der Waals surface area (Å²) in [7, 11) is -1.50. The minimum Gasteiger partial charge on any atom is -0.495 e. The van der Waals surface area contributed by atoms with E-state index in [0.717, 1.165) is 6.26 Å². The summed E-state index contributed by atoms with van der Waals surface area (Å²) in [6.07, 6.45) is 0.593. The summed E-state index contributed by atoms with van der Waals surface area (Å²) in [5.41, 5.74) is 0. The van der Waals surface area contributed by atoms with Crippen molar-refractivity contribution in [3.05, 3.63) is 16.3 Å². The number of ether oxygens (including phenoxy) is 1. The Bertz CT molecular complexity index is 408. The molecular formula is C9H14O4S2. The summed E-state index contributed by atoms with van der Waals surface area (Å²) in [6.45, 7) is 0. The minimum absolute atomic E-state index is 0.0186. The third-order valence-corrected chi connectivity index (χ3v) is 3.92. The molecule has 1 N–H and O–H groups in total. The Hall–Kier alpha value is -0.590. The van der Waals surface area contributed by atoms with Crippen LogP contribution in [0.3, 0.4) is 0 Å². The monoisotopic (exact) mass is 250 g/mol. The lowest BCUT2D eigenvalue weighted by atomic mass is 10.2. The Kier molecular flexibility index (Phi) is 4.12. The van der Waals surface area contributed by atoms with Crippen LogP contribution in [0.5, 0.6) is 5.75 Å². The maximum atomic E-state index is 10.9. The number of rotatable bonds is 5. The second-order valence-corrected chi connectivity index (χ2v) is 6.50. The van der Waals surface area contributed by atoms with Crippen molar-refractivity contribution in [2.24, 2.45) is 0 Å². The molecule has 0 saturated carbocycles. The normalized spacial score (nSPS) is 13.8. The Morgan fingerprint density at radius 1 is 1.60 bits per heavy atom. The molecule has 0 aliphatic carbocycles. The molecule has 0 radical (unpaired) electrons. The molecule has 0 bridgehead atoms. The minimum atomic E-state index is -3.03. The van der Waals surface area contributed by atoms with Crippen molar-refractivity contribution < 1.29 is 18.3 Å². The average Bonchev–Trinajstić information content (AvgIpc) is 2.60. The number of methoxy groups -OCH3 is 1. The van der Waals surface area contributed by atoms with Gasteiger partial charge in [0.25, 0.3) is 0 Å². The third-order valence-electron chi connectivity index (χ3n) is 1.94. The molecule has 0 fully saturated rings. The van der Waals surface area contributed by atoms with Crippen molar-refractivity contribution in [1.29, 1.82) is 0 Å². The molecule has 0 aliphatic rings. The first-order valence-electron chi connectivity index (χ1n) is 4.41. The topological polar surface area (TPSA) is 63.6 Å². The van der Waals surface area contributed by atoms with Crippen molar-refractivity contribution in [2.45, 2.75) is 12.5 Å². The highest BCUT2D eigenvalue weighted by molar-refractivity contribution is 7.90. The van der Waals surface area contributed by atoms with E-state index in [1.165, 1.54) is 18.4 Å². The zero-order chi connectivity index (χ0) is 11.5. The second-order valence-electron chi connectivity index (χ2n) is 3.29. The van der Waals surface area contributed by atoms with Crippen molar-refractivity contribution >= 4 is 21.2 Å². The summed E-state index contributed by atoms with van der Waals surface area (Å²) < 4.78 is 26.9. The molecule has 0 aliphatic heterocycles.